The highest BCUT2D eigenvalue weighted by molar-refractivity contribution is 5.86. The van der Waals surface area contributed by atoms with Gasteiger partial charge in [0, 0.05) is 18.7 Å². The fourth-order valence-electron chi connectivity index (χ4n) is 2.01. The Morgan fingerprint density at radius 1 is 1.33 bits per heavy atom. The first-order valence-corrected chi connectivity index (χ1v) is 6.31. The second-order valence-corrected chi connectivity index (χ2v) is 4.39. The Labute approximate surface area is 120 Å². The standard InChI is InChI=1S/C14H13N5O2/c1-9(20)16-13-17-14-15-7-6-12(19(14)18-13)10-4-3-5-11(8-10)21-2/h3-8H,1-2H3,(H,16,18,20). The SMILES string of the molecule is COc1cccc(-c2ccnc3nc(NC(C)=O)nn23)c1. The maximum Gasteiger partial charge on any atom is 0.254 e. The van der Waals surface area contributed by atoms with Crippen molar-refractivity contribution in [3.05, 3.63) is 36.5 Å². The molecular formula is C14H13N5O2. The summed E-state index contributed by atoms with van der Waals surface area (Å²) in [6.07, 6.45) is 1.65. The average Bonchev–Trinajstić information content (AvgIpc) is 2.88. The maximum atomic E-state index is 11.1. The molecule has 2 aromatic heterocycles. The van der Waals surface area contributed by atoms with Crippen LogP contribution in [0.5, 0.6) is 5.75 Å². The predicted octanol–water partition coefficient (Wildman–Crippen LogP) is 1.76. The number of nitrogens with zero attached hydrogens (tertiary/aromatic N) is 4. The van der Waals surface area contributed by atoms with Gasteiger partial charge in [-0.1, -0.05) is 12.1 Å². The first-order chi connectivity index (χ1) is 10.2. The lowest BCUT2D eigenvalue weighted by Gasteiger charge is -2.05. The third-order valence-corrected chi connectivity index (χ3v) is 2.89. The van der Waals surface area contributed by atoms with Crippen molar-refractivity contribution < 1.29 is 9.53 Å². The van der Waals surface area contributed by atoms with Gasteiger partial charge in [0.15, 0.2) is 0 Å². The number of carbonyl (C=O) groups is 1. The summed E-state index contributed by atoms with van der Waals surface area (Å²) in [5.41, 5.74) is 1.73. The van der Waals surface area contributed by atoms with E-state index in [4.69, 9.17) is 4.74 Å². The van der Waals surface area contributed by atoms with Crippen molar-refractivity contribution in [3.8, 4) is 17.0 Å². The van der Waals surface area contributed by atoms with Gasteiger partial charge in [0.1, 0.15) is 5.75 Å². The number of aromatic nitrogens is 4. The fourth-order valence-corrected chi connectivity index (χ4v) is 2.01. The molecule has 0 saturated heterocycles. The van der Waals surface area contributed by atoms with E-state index in [1.54, 1.807) is 17.8 Å². The number of ether oxygens (including phenoxy) is 1. The third kappa shape index (κ3) is 2.53. The van der Waals surface area contributed by atoms with Crippen molar-refractivity contribution >= 4 is 17.6 Å². The van der Waals surface area contributed by atoms with E-state index in [0.29, 0.717) is 5.78 Å². The van der Waals surface area contributed by atoms with Crippen molar-refractivity contribution in [2.75, 3.05) is 12.4 Å². The molecule has 0 aliphatic carbocycles. The zero-order valence-corrected chi connectivity index (χ0v) is 11.6. The first-order valence-electron chi connectivity index (χ1n) is 6.31. The molecule has 1 amide bonds. The van der Waals surface area contributed by atoms with Gasteiger partial charge >= 0.3 is 0 Å². The van der Waals surface area contributed by atoms with Crippen LogP contribution < -0.4 is 10.1 Å². The third-order valence-electron chi connectivity index (χ3n) is 2.89. The minimum atomic E-state index is -0.228. The molecule has 0 aliphatic rings. The van der Waals surface area contributed by atoms with Gasteiger partial charge in [-0.05, 0) is 18.2 Å². The van der Waals surface area contributed by atoms with E-state index >= 15 is 0 Å². The van der Waals surface area contributed by atoms with Gasteiger partial charge < -0.3 is 4.74 Å². The van der Waals surface area contributed by atoms with Crippen LogP contribution in [0.4, 0.5) is 5.95 Å². The molecule has 2 heterocycles. The highest BCUT2D eigenvalue weighted by Gasteiger charge is 2.11. The fraction of sp³-hybridized carbons (Fsp3) is 0.143. The van der Waals surface area contributed by atoms with Crippen LogP contribution in [0.2, 0.25) is 0 Å². The molecule has 0 saturated carbocycles. The normalized spacial score (nSPS) is 10.6. The van der Waals surface area contributed by atoms with Crippen LogP contribution in [0.25, 0.3) is 17.0 Å². The number of nitrogens with one attached hydrogen (secondary N) is 1. The Morgan fingerprint density at radius 2 is 2.19 bits per heavy atom. The maximum absolute atomic E-state index is 11.1. The van der Waals surface area contributed by atoms with Gasteiger partial charge in [-0.15, -0.1) is 5.10 Å². The molecule has 0 fully saturated rings. The van der Waals surface area contributed by atoms with E-state index in [-0.39, 0.29) is 11.9 Å². The number of hydrogen-bond acceptors (Lipinski definition) is 5. The molecule has 3 rings (SSSR count). The number of benzene rings is 1. The predicted molar refractivity (Wildman–Crippen MR) is 77.1 cm³/mol. The lowest BCUT2D eigenvalue weighted by molar-refractivity contribution is -0.114. The number of methoxy groups -OCH3 is 1. The molecule has 0 unspecified atom stereocenters. The molecule has 0 bridgehead atoms. The quantitative estimate of drug-likeness (QED) is 0.792. The minimum absolute atomic E-state index is 0.227. The van der Waals surface area contributed by atoms with Crippen molar-refractivity contribution in [1.82, 2.24) is 19.6 Å². The van der Waals surface area contributed by atoms with Gasteiger partial charge in [0.05, 0.1) is 12.8 Å². The summed E-state index contributed by atoms with van der Waals surface area (Å²) in [6, 6.07) is 9.43. The lowest BCUT2D eigenvalue weighted by atomic mass is 10.1. The van der Waals surface area contributed by atoms with Gasteiger partial charge in [0.2, 0.25) is 5.91 Å². The van der Waals surface area contributed by atoms with Gasteiger partial charge in [-0.25, -0.2) is 4.98 Å². The second kappa shape index (κ2) is 5.20. The highest BCUT2D eigenvalue weighted by Crippen LogP contribution is 2.23. The van der Waals surface area contributed by atoms with E-state index in [9.17, 15) is 4.79 Å². The number of carbonyl (C=O) groups excluding carboxylic acids is 1. The molecule has 0 spiro atoms. The second-order valence-electron chi connectivity index (χ2n) is 4.39. The monoisotopic (exact) mass is 283 g/mol. The molecule has 0 radical (unpaired) electrons. The largest absolute Gasteiger partial charge is 0.497 e. The van der Waals surface area contributed by atoms with E-state index in [1.165, 1.54) is 6.92 Å². The lowest BCUT2D eigenvalue weighted by Crippen LogP contribution is -2.07. The Morgan fingerprint density at radius 3 is 2.95 bits per heavy atom. The van der Waals surface area contributed by atoms with Crippen LogP contribution >= 0.6 is 0 Å². The number of fused-ring (bicyclic) bond motifs is 1. The Bertz CT molecular complexity index is 812. The van der Waals surface area contributed by atoms with Crippen molar-refractivity contribution in [2.24, 2.45) is 0 Å². The summed E-state index contributed by atoms with van der Waals surface area (Å²) in [7, 11) is 1.62. The van der Waals surface area contributed by atoms with E-state index in [0.717, 1.165) is 17.0 Å². The summed E-state index contributed by atoms with van der Waals surface area (Å²) >= 11 is 0. The van der Waals surface area contributed by atoms with Crippen LogP contribution in [-0.4, -0.2) is 32.6 Å². The van der Waals surface area contributed by atoms with E-state index < -0.39 is 0 Å². The van der Waals surface area contributed by atoms with Gasteiger partial charge in [-0.2, -0.15) is 9.50 Å². The smallest absolute Gasteiger partial charge is 0.254 e. The topological polar surface area (TPSA) is 81.4 Å². The van der Waals surface area contributed by atoms with Gasteiger partial charge in [-0.3, -0.25) is 10.1 Å². The Balaban J connectivity index is 2.13. The van der Waals surface area contributed by atoms with Crippen molar-refractivity contribution in [2.45, 2.75) is 6.92 Å². The first kappa shape index (κ1) is 13.0. The molecule has 7 heteroatoms. The zero-order chi connectivity index (χ0) is 14.8. The summed E-state index contributed by atoms with van der Waals surface area (Å²) in [5, 5.41) is 6.80. The summed E-state index contributed by atoms with van der Waals surface area (Å²) in [4.78, 5) is 19.4. The van der Waals surface area contributed by atoms with Crippen LogP contribution in [0, 0.1) is 0 Å². The van der Waals surface area contributed by atoms with Crippen LogP contribution in [-0.2, 0) is 4.79 Å². The minimum Gasteiger partial charge on any atom is -0.497 e. The molecule has 21 heavy (non-hydrogen) atoms. The molecular weight excluding hydrogens is 270 g/mol. The Kier molecular flexibility index (Phi) is 3.23. The highest BCUT2D eigenvalue weighted by atomic mass is 16.5. The number of hydrogen-bond donors (Lipinski definition) is 1. The Hall–Kier alpha value is -2.96. The number of anilines is 1. The molecule has 1 N–H and O–H groups in total. The molecule has 7 nitrogen and oxygen atoms in total. The zero-order valence-electron chi connectivity index (χ0n) is 11.6. The number of rotatable bonds is 3. The molecule has 0 atom stereocenters. The summed E-state index contributed by atoms with van der Waals surface area (Å²) in [6.45, 7) is 1.40. The van der Waals surface area contributed by atoms with E-state index in [2.05, 4.69) is 20.4 Å². The molecule has 0 aliphatic heterocycles. The summed E-state index contributed by atoms with van der Waals surface area (Å²) in [5.74, 6) is 1.16. The molecule has 1 aromatic carbocycles. The molecule has 3 aromatic rings. The van der Waals surface area contributed by atoms with Gasteiger partial charge in [0.25, 0.3) is 11.7 Å². The average molecular weight is 283 g/mol. The van der Waals surface area contributed by atoms with Crippen LogP contribution in [0.15, 0.2) is 36.5 Å². The van der Waals surface area contributed by atoms with Crippen LogP contribution in [0.1, 0.15) is 6.92 Å². The number of amides is 1. The van der Waals surface area contributed by atoms with Crippen molar-refractivity contribution in [1.29, 1.82) is 0 Å². The van der Waals surface area contributed by atoms with Crippen LogP contribution in [0.3, 0.4) is 0 Å². The van der Waals surface area contributed by atoms with Crippen molar-refractivity contribution in [3.63, 3.8) is 0 Å². The van der Waals surface area contributed by atoms with E-state index in [1.807, 2.05) is 30.3 Å². The molecule has 106 valence electrons. The summed E-state index contributed by atoms with van der Waals surface area (Å²) < 4.78 is 6.81.